The Balaban J connectivity index is 1.41. The predicted molar refractivity (Wildman–Crippen MR) is 110 cm³/mol. The lowest BCUT2D eigenvalue weighted by molar-refractivity contribution is 0.0681. The van der Waals surface area contributed by atoms with Gasteiger partial charge in [-0.05, 0) is 23.9 Å². The third kappa shape index (κ3) is 4.17. The molecule has 2 aromatic heterocycles. The van der Waals surface area contributed by atoms with Gasteiger partial charge in [-0.25, -0.2) is 0 Å². The smallest absolute Gasteiger partial charge is 0.272 e. The number of aromatic nitrogens is 2. The molecule has 8 heteroatoms. The maximum absolute atomic E-state index is 12.9. The van der Waals surface area contributed by atoms with Crippen LogP contribution in [0.2, 0.25) is 0 Å². The number of hydrogen-bond donors (Lipinski definition) is 1. The van der Waals surface area contributed by atoms with Crippen LogP contribution in [0.5, 0.6) is 5.75 Å². The molecule has 0 radical (unpaired) electrons. The van der Waals surface area contributed by atoms with Crippen LogP contribution >= 0.6 is 11.3 Å². The molecule has 0 unspecified atom stereocenters. The summed E-state index contributed by atoms with van der Waals surface area (Å²) in [6, 6.07) is 13.3. The number of amides is 2. The SMILES string of the molecule is COc1ccccc1CN1CCn2nc(C(=O)NCCc3cccs3)cc2C1=O. The van der Waals surface area contributed by atoms with E-state index in [1.54, 1.807) is 34.1 Å². The van der Waals surface area contributed by atoms with Gasteiger partial charge in [0.2, 0.25) is 0 Å². The average Bonchev–Trinajstić information content (AvgIpc) is 3.40. The second kappa shape index (κ2) is 8.48. The highest BCUT2D eigenvalue weighted by atomic mass is 32.1. The van der Waals surface area contributed by atoms with Gasteiger partial charge in [-0.2, -0.15) is 5.10 Å². The van der Waals surface area contributed by atoms with Gasteiger partial charge in [-0.1, -0.05) is 24.3 Å². The minimum atomic E-state index is -0.257. The van der Waals surface area contributed by atoms with Gasteiger partial charge in [0, 0.05) is 36.1 Å². The molecular weight excluding hydrogens is 388 g/mol. The van der Waals surface area contributed by atoms with Crippen molar-refractivity contribution in [3.05, 3.63) is 69.7 Å². The Kier molecular flexibility index (Phi) is 5.62. The lowest BCUT2D eigenvalue weighted by Gasteiger charge is -2.28. The number of nitrogens with zero attached hydrogens (tertiary/aromatic N) is 3. The van der Waals surface area contributed by atoms with Gasteiger partial charge < -0.3 is 15.0 Å². The standard InChI is InChI=1S/C21H22N4O3S/c1-28-19-7-3-2-5-15(19)14-24-10-11-25-18(21(24)27)13-17(23-25)20(26)22-9-8-16-6-4-12-29-16/h2-7,12-13H,8-11,14H2,1H3,(H,22,26). The first kappa shape index (κ1) is 19.2. The van der Waals surface area contributed by atoms with E-state index in [-0.39, 0.29) is 17.5 Å². The molecule has 150 valence electrons. The van der Waals surface area contributed by atoms with E-state index in [1.807, 2.05) is 41.8 Å². The summed E-state index contributed by atoms with van der Waals surface area (Å²) in [5, 5.41) is 9.22. The number of methoxy groups -OCH3 is 1. The summed E-state index contributed by atoms with van der Waals surface area (Å²) in [7, 11) is 1.62. The maximum atomic E-state index is 12.9. The Bertz CT molecular complexity index is 1010. The van der Waals surface area contributed by atoms with Crippen LogP contribution in [0.15, 0.2) is 47.8 Å². The van der Waals surface area contributed by atoms with E-state index in [9.17, 15) is 9.59 Å². The number of rotatable bonds is 7. The second-order valence-electron chi connectivity index (χ2n) is 6.76. The van der Waals surface area contributed by atoms with Gasteiger partial charge >= 0.3 is 0 Å². The van der Waals surface area contributed by atoms with Crippen LogP contribution in [0, 0.1) is 0 Å². The number of nitrogens with one attached hydrogen (secondary N) is 1. The number of fused-ring (bicyclic) bond motifs is 1. The van der Waals surface area contributed by atoms with Crippen LogP contribution in [-0.4, -0.2) is 46.7 Å². The van der Waals surface area contributed by atoms with Gasteiger partial charge in [0.1, 0.15) is 11.4 Å². The summed E-state index contributed by atoms with van der Waals surface area (Å²) in [5.74, 6) is 0.366. The molecule has 3 heterocycles. The number of ether oxygens (including phenoxy) is 1. The number of hydrogen-bond acceptors (Lipinski definition) is 5. The highest BCUT2D eigenvalue weighted by Crippen LogP contribution is 2.22. The molecule has 0 bridgehead atoms. The van der Waals surface area contributed by atoms with Crippen LogP contribution in [-0.2, 0) is 19.5 Å². The monoisotopic (exact) mass is 410 g/mol. The molecule has 2 amide bonds. The minimum absolute atomic E-state index is 0.132. The molecule has 0 aliphatic carbocycles. The molecule has 3 aromatic rings. The van der Waals surface area contributed by atoms with E-state index in [1.165, 1.54) is 4.88 Å². The first-order valence-electron chi connectivity index (χ1n) is 9.45. The van der Waals surface area contributed by atoms with Crippen molar-refractivity contribution in [1.29, 1.82) is 0 Å². The molecule has 29 heavy (non-hydrogen) atoms. The van der Waals surface area contributed by atoms with Gasteiger partial charge in [0.05, 0.1) is 13.7 Å². The van der Waals surface area contributed by atoms with Gasteiger partial charge in [0.15, 0.2) is 5.69 Å². The molecule has 1 aromatic carbocycles. The van der Waals surface area contributed by atoms with Gasteiger partial charge in [-0.3, -0.25) is 14.3 Å². The highest BCUT2D eigenvalue weighted by Gasteiger charge is 2.28. The van der Waals surface area contributed by atoms with Crippen molar-refractivity contribution in [2.24, 2.45) is 0 Å². The van der Waals surface area contributed by atoms with Crippen LogP contribution in [0.4, 0.5) is 0 Å². The predicted octanol–water partition coefficient (Wildman–Crippen LogP) is 2.58. The zero-order chi connectivity index (χ0) is 20.2. The van der Waals surface area contributed by atoms with E-state index >= 15 is 0 Å². The van der Waals surface area contributed by atoms with Crippen molar-refractivity contribution in [3.8, 4) is 5.75 Å². The Hall–Kier alpha value is -3.13. The summed E-state index contributed by atoms with van der Waals surface area (Å²) >= 11 is 1.67. The number of thiophene rings is 1. The highest BCUT2D eigenvalue weighted by molar-refractivity contribution is 7.09. The van der Waals surface area contributed by atoms with E-state index in [0.29, 0.717) is 31.9 Å². The zero-order valence-electron chi connectivity index (χ0n) is 16.1. The van der Waals surface area contributed by atoms with Crippen molar-refractivity contribution in [1.82, 2.24) is 20.0 Å². The molecule has 0 saturated carbocycles. The first-order valence-corrected chi connectivity index (χ1v) is 10.3. The summed E-state index contributed by atoms with van der Waals surface area (Å²) in [5.41, 5.74) is 1.66. The summed E-state index contributed by atoms with van der Waals surface area (Å²) in [6.45, 7) is 2.08. The van der Waals surface area contributed by atoms with Crippen LogP contribution in [0.25, 0.3) is 0 Å². The van der Waals surface area contributed by atoms with E-state index in [4.69, 9.17) is 4.74 Å². The molecule has 4 rings (SSSR count). The lowest BCUT2D eigenvalue weighted by atomic mass is 10.1. The Labute approximate surface area is 172 Å². The molecule has 0 atom stereocenters. The number of benzene rings is 1. The fraction of sp³-hybridized carbons (Fsp3) is 0.286. The molecular formula is C21H22N4O3S. The molecule has 1 aliphatic rings. The van der Waals surface area contributed by atoms with E-state index in [2.05, 4.69) is 10.4 Å². The van der Waals surface area contributed by atoms with Crippen molar-refractivity contribution < 1.29 is 14.3 Å². The average molecular weight is 410 g/mol. The van der Waals surface area contributed by atoms with Crippen LogP contribution in [0.1, 0.15) is 31.4 Å². The fourth-order valence-electron chi connectivity index (χ4n) is 3.38. The van der Waals surface area contributed by atoms with Gasteiger partial charge in [0.25, 0.3) is 11.8 Å². The van der Waals surface area contributed by atoms with Crippen LogP contribution < -0.4 is 10.1 Å². The maximum Gasteiger partial charge on any atom is 0.272 e. The molecule has 1 aliphatic heterocycles. The number of para-hydroxylation sites is 1. The second-order valence-corrected chi connectivity index (χ2v) is 7.79. The third-order valence-electron chi connectivity index (χ3n) is 4.89. The van der Waals surface area contributed by atoms with Crippen molar-refractivity contribution in [2.75, 3.05) is 20.2 Å². The normalized spacial score (nSPS) is 13.3. The minimum Gasteiger partial charge on any atom is -0.496 e. The third-order valence-corrected chi connectivity index (χ3v) is 5.83. The lowest BCUT2D eigenvalue weighted by Crippen LogP contribution is -2.39. The Morgan fingerprint density at radius 2 is 2.10 bits per heavy atom. The topological polar surface area (TPSA) is 76.5 Å². The van der Waals surface area contributed by atoms with Crippen molar-refractivity contribution >= 4 is 23.2 Å². The molecule has 0 saturated heterocycles. The number of carbonyl (C=O) groups is 2. The Morgan fingerprint density at radius 1 is 1.24 bits per heavy atom. The molecule has 0 fully saturated rings. The van der Waals surface area contributed by atoms with Crippen molar-refractivity contribution in [3.63, 3.8) is 0 Å². The van der Waals surface area contributed by atoms with Gasteiger partial charge in [-0.15, -0.1) is 11.3 Å². The summed E-state index contributed by atoms with van der Waals surface area (Å²) in [6.07, 6.45) is 0.780. The quantitative estimate of drug-likeness (QED) is 0.650. The molecule has 1 N–H and O–H groups in total. The largest absolute Gasteiger partial charge is 0.496 e. The fourth-order valence-corrected chi connectivity index (χ4v) is 4.09. The first-order chi connectivity index (χ1) is 14.2. The summed E-state index contributed by atoms with van der Waals surface area (Å²) in [4.78, 5) is 28.3. The summed E-state index contributed by atoms with van der Waals surface area (Å²) < 4.78 is 7.00. The Morgan fingerprint density at radius 3 is 2.90 bits per heavy atom. The van der Waals surface area contributed by atoms with Crippen LogP contribution in [0.3, 0.4) is 0 Å². The number of carbonyl (C=O) groups excluding carboxylic acids is 2. The molecule has 7 nitrogen and oxygen atoms in total. The van der Waals surface area contributed by atoms with E-state index in [0.717, 1.165) is 17.7 Å². The zero-order valence-corrected chi connectivity index (χ0v) is 16.9. The molecule has 0 spiro atoms. The van der Waals surface area contributed by atoms with E-state index < -0.39 is 0 Å². The van der Waals surface area contributed by atoms with Crippen molar-refractivity contribution in [2.45, 2.75) is 19.5 Å².